The molecule has 0 aliphatic heterocycles. The van der Waals surface area contributed by atoms with Gasteiger partial charge in [-0.05, 0) is 25.2 Å². The summed E-state index contributed by atoms with van der Waals surface area (Å²) in [5, 5.41) is 0. The molecule has 3 nitrogen and oxygen atoms in total. The lowest BCUT2D eigenvalue weighted by atomic mass is 9.64. The zero-order valence-electron chi connectivity index (χ0n) is 8.07. The van der Waals surface area contributed by atoms with Crippen LogP contribution in [0.5, 0.6) is 0 Å². The number of imidazole rings is 1. The van der Waals surface area contributed by atoms with Gasteiger partial charge in [-0.2, -0.15) is 0 Å². The first-order valence-electron chi connectivity index (χ1n) is 5.36. The second-order valence-electron chi connectivity index (χ2n) is 4.52. The topological polar surface area (TPSA) is 45.8 Å². The molecular formula is C11H14N2O. The first-order chi connectivity index (χ1) is 6.84. The number of hydrogen-bond acceptors (Lipinski definition) is 2. The first-order valence-corrected chi connectivity index (χ1v) is 5.36. The molecule has 0 saturated heterocycles. The molecule has 1 aromatic rings. The van der Waals surface area contributed by atoms with Gasteiger partial charge in [0.1, 0.15) is 11.6 Å². The van der Waals surface area contributed by atoms with Crippen LogP contribution in [0.4, 0.5) is 0 Å². The molecule has 3 atom stereocenters. The van der Waals surface area contributed by atoms with Crippen LogP contribution in [0.25, 0.3) is 0 Å². The van der Waals surface area contributed by atoms with Crippen molar-refractivity contribution >= 4 is 5.78 Å². The maximum Gasteiger partial charge on any atom is 0.136 e. The van der Waals surface area contributed by atoms with E-state index in [0.717, 1.165) is 25.1 Å². The van der Waals surface area contributed by atoms with Crippen LogP contribution in [-0.2, 0) is 4.79 Å². The molecule has 0 aromatic carbocycles. The zero-order chi connectivity index (χ0) is 9.54. The summed E-state index contributed by atoms with van der Waals surface area (Å²) in [7, 11) is 0. The molecule has 0 unspecified atom stereocenters. The van der Waals surface area contributed by atoms with E-state index < -0.39 is 0 Å². The van der Waals surface area contributed by atoms with E-state index in [9.17, 15) is 4.79 Å². The lowest BCUT2D eigenvalue weighted by Gasteiger charge is -2.40. The molecule has 3 saturated carbocycles. The number of rotatable bonds is 1. The fraction of sp³-hybridized carbons (Fsp3) is 0.636. The van der Waals surface area contributed by atoms with Gasteiger partial charge in [-0.25, -0.2) is 4.98 Å². The van der Waals surface area contributed by atoms with Gasteiger partial charge in [0.25, 0.3) is 0 Å². The van der Waals surface area contributed by atoms with Crippen LogP contribution in [0.2, 0.25) is 0 Å². The maximum absolute atomic E-state index is 11.5. The van der Waals surface area contributed by atoms with Crippen LogP contribution < -0.4 is 0 Å². The predicted octanol–water partition coefficient (Wildman–Crippen LogP) is 1.88. The number of nitrogens with one attached hydrogen (secondary N) is 1. The average Bonchev–Trinajstić information content (AvgIpc) is 2.71. The third-order valence-corrected chi connectivity index (χ3v) is 3.78. The molecule has 3 fully saturated rings. The molecular weight excluding hydrogens is 176 g/mol. The second-order valence-corrected chi connectivity index (χ2v) is 4.52. The van der Waals surface area contributed by atoms with Crippen molar-refractivity contribution in [2.45, 2.75) is 31.6 Å². The Morgan fingerprint density at radius 2 is 2.36 bits per heavy atom. The van der Waals surface area contributed by atoms with Crippen molar-refractivity contribution in [3.63, 3.8) is 0 Å². The smallest absolute Gasteiger partial charge is 0.136 e. The molecule has 4 rings (SSSR count). The van der Waals surface area contributed by atoms with E-state index in [1.165, 1.54) is 6.42 Å². The highest BCUT2D eigenvalue weighted by Crippen LogP contribution is 2.46. The van der Waals surface area contributed by atoms with Gasteiger partial charge in [-0.1, -0.05) is 0 Å². The predicted molar refractivity (Wildman–Crippen MR) is 51.8 cm³/mol. The van der Waals surface area contributed by atoms with Crippen LogP contribution in [0.3, 0.4) is 0 Å². The number of aromatic amines is 1. The summed E-state index contributed by atoms with van der Waals surface area (Å²) in [5.74, 6) is 2.98. The van der Waals surface area contributed by atoms with Crippen molar-refractivity contribution in [2.24, 2.45) is 11.8 Å². The second kappa shape index (κ2) is 2.94. The Hall–Kier alpha value is -1.12. The SMILES string of the molecule is O=C1C[C@@H]2CC[C@H]1C[C@@H]2c1ncc[nH]1. The minimum atomic E-state index is 0.329. The first kappa shape index (κ1) is 8.21. The van der Waals surface area contributed by atoms with Crippen LogP contribution in [0, 0.1) is 11.8 Å². The number of carbonyl (C=O) groups excluding carboxylic acids is 1. The van der Waals surface area contributed by atoms with Gasteiger partial charge < -0.3 is 4.98 Å². The molecule has 2 bridgehead atoms. The van der Waals surface area contributed by atoms with Crippen molar-refractivity contribution < 1.29 is 4.79 Å². The Kier molecular flexibility index (Phi) is 1.72. The van der Waals surface area contributed by atoms with Crippen molar-refractivity contribution in [2.75, 3.05) is 0 Å². The molecule has 0 amide bonds. The largest absolute Gasteiger partial charge is 0.348 e. The summed E-state index contributed by atoms with van der Waals surface area (Å²) in [6, 6.07) is 0. The van der Waals surface area contributed by atoms with Gasteiger partial charge in [0.15, 0.2) is 0 Å². The molecule has 3 aliphatic carbocycles. The summed E-state index contributed by atoms with van der Waals surface area (Å²) in [6.45, 7) is 0. The number of ketones is 1. The number of hydrogen-bond donors (Lipinski definition) is 1. The normalized spacial score (nSPS) is 36.3. The van der Waals surface area contributed by atoms with Gasteiger partial charge in [-0.3, -0.25) is 4.79 Å². The van der Waals surface area contributed by atoms with Crippen molar-refractivity contribution in [1.29, 1.82) is 0 Å². The molecule has 3 heteroatoms. The Labute approximate surface area is 82.9 Å². The summed E-state index contributed by atoms with van der Waals surface area (Å²) < 4.78 is 0. The molecule has 14 heavy (non-hydrogen) atoms. The molecule has 0 radical (unpaired) electrons. The number of carbonyl (C=O) groups is 1. The molecule has 74 valence electrons. The van der Waals surface area contributed by atoms with Crippen molar-refractivity contribution in [3.05, 3.63) is 18.2 Å². The lowest BCUT2D eigenvalue weighted by Crippen LogP contribution is -2.37. The van der Waals surface area contributed by atoms with E-state index in [4.69, 9.17) is 0 Å². The summed E-state index contributed by atoms with van der Waals surface area (Å²) in [4.78, 5) is 19.0. The highest BCUT2D eigenvalue weighted by molar-refractivity contribution is 5.83. The number of nitrogens with zero attached hydrogens (tertiary/aromatic N) is 1. The minimum absolute atomic E-state index is 0.329. The lowest BCUT2D eigenvalue weighted by molar-refractivity contribution is -0.129. The molecule has 3 aliphatic rings. The minimum Gasteiger partial charge on any atom is -0.348 e. The summed E-state index contributed by atoms with van der Waals surface area (Å²) in [6.07, 6.45) is 7.81. The van der Waals surface area contributed by atoms with E-state index in [1.807, 2.05) is 6.20 Å². The van der Waals surface area contributed by atoms with Crippen LogP contribution in [0.1, 0.15) is 37.4 Å². The molecule has 0 spiro atoms. The number of Topliss-reactive ketones (excluding diaryl/α,β-unsaturated/α-hetero) is 1. The Morgan fingerprint density at radius 3 is 2.93 bits per heavy atom. The molecule has 1 aromatic heterocycles. The van der Waals surface area contributed by atoms with Crippen molar-refractivity contribution in [1.82, 2.24) is 9.97 Å². The van der Waals surface area contributed by atoms with Crippen LogP contribution in [0.15, 0.2) is 12.4 Å². The highest BCUT2D eigenvalue weighted by atomic mass is 16.1. The van der Waals surface area contributed by atoms with E-state index in [2.05, 4.69) is 9.97 Å². The standard InChI is InChI=1S/C11H14N2O/c14-10-6-7-1-2-8(10)5-9(7)11-12-3-4-13-11/h3-4,7-9H,1-2,5-6H2,(H,12,13)/t7-,8-,9-/m0/s1. The van der Waals surface area contributed by atoms with E-state index in [0.29, 0.717) is 23.5 Å². The Balaban J connectivity index is 1.88. The monoisotopic (exact) mass is 190 g/mol. The summed E-state index contributed by atoms with van der Waals surface area (Å²) >= 11 is 0. The van der Waals surface area contributed by atoms with Crippen molar-refractivity contribution in [3.8, 4) is 0 Å². The van der Waals surface area contributed by atoms with Gasteiger partial charge >= 0.3 is 0 Å². The van der Waals surface area contributed by atoms with E-state index >= 15 is 0 Å². The fourth-order valence-corrected chi connectivity index (χ4v) is 3.01. The maximum atomic E-state index is 11.5. The van der Waals surface area contributed by atoms with Crippen LogP contribution in [-0.4, -0.2) is 15.8 Å². The quantitative estimate of drug-likeness (QED) is 0.735. The van der Waals surface area contributed by atoms with Gasteiger partial charge in [-0.15, -0.1) is 0 Å². The van der Waals surface area contributed by atoms with E-state index in [-0.39, 0.29) is 0 Å². The molecule has 1 N–H and O–H groups in total. The number of aromatic nitrogens is 2. The summed E-state index contributed by atoms with van der Waals surface area (Å²) in [5.41, 5.74) is 0. The third kappa shape index (κ3) is 1.11. The van der Waals surface area contributed by atoms with E-state index in [1.54, 1.807) is 6.20 Å². The van der Waals surface area contributed by atoms with Crippen LogP contribution >= 0.6 is 0 Å². The average molecular weight is 190 g/mol. The number of H-pyrrole nitrogens is 1. The molecule has 1 heterocycles. The highest BCUT2D eigenvalue weighted by Gasteiger charge is 2.42. The Bertz CT molecular complexity index is 344. The fourth-order valence-electron chi connectivity index (χ4n) is 3.01. The zero-order valence-corrected chi connectivity index (χ0v) is 8.07. The third-order valence-electron chi connectivity index (χ3n) is 3.78. The van der Waals surface area contributed by atoms with Gasteiger partial charge in [0, 0.05) is 30.7 Å². The Morgan fingerprint density at radius 1 is 1.43 bits per heavy atom. The number of fused-ring (bicyclic) bond motifs is 3. The van der Waals surface area contributed by atoms with Gasteiger partial charge in [0.2, 0.25) is 0 Å². The van der Waals surface area contributed by atoms with Gasteiger partial charge in [0.05, 0.1) is 0 Å².